The number of hydrogen-bond donors (Lipinski definition) is 2. The second kappa shape index (κ2) is 8.48. The third-order valence-electron chi connectivity index (χ3n) is 3.99. The number of likely N-dealkylation sites (N-methyl/N-ethyl adjacent to an activating group) is 1. The van der Waals surface area contributed by atoms with Gasteiger partial charge in [-0.25, -0.2) is 9.18 Å². The first-order valence-corrected chi connectivity index (χ1v) is 8.41. The summed E-state index contributed by atoms with van der Waals surface area (Å²) in [5, 5.41) is 2.59. The molecule has 0 aliphatic heterocycles. The molecule has 7 nitrogen and oxygen atoms in total. The minimum absolute atomic E-state index is 0.199. The number of anilines is 1. The van der Waals surface area contributed by atoms with Crippen LogP contribution in [-0.2, 0) is 9.53 Å². The minimum Gasteiger partial charge on any atom is -0.461 e. The van der Waals surface area contributed by atoms with Crippen molar-refractivity contribution in [2.75, 3.05) is 25.5 Å². The average Bonchev–Trinajstić information content (AvgIpc) is 2.91. The number of carbonyl (C=O) groups is 3. The molecule has 0 spiro atoms. The van der Waals surface area contributed by atoms with Gasteiger partial charge in [0.15, 0.2) is 0 Å². The Bertz CT molecular complexity index is 859. The number of rotatable bonds is 6. The zero-order valence-corrected chi connectivity index (χ0v) is 15.7. The second-order valence-electron chi connectivity index (χ2n) is 6.06. The lowest BCUT2D eigenvalue weighted by Gasteiger charge is -2.17. The summed E-state index contributed by atoms with van der Waals surface area (Å²) in [6.07, 6.45) is 0. The van der Waals surface area contributed by atoms with Crippen LogP contribution in [0.25, 0.3) is 0 Å². The molecule has 0 radical (unpaired) electrons. The summed E-state index contributed by atoms with van der Waals surface area (Å²) in [5.41, 5.74) is 1.98. The van der Waals surface area contributed by atoms with Gasteiger partial charge in [-0.3, -0.25) is 9.59 Å². The van der Waals surface area contributed by atoms with E-state index in [1.54, 1.807) is 20.8 Å². The number of H-pyrrole nitrogens is 1. The number of carbonyl (C=O) groups excluding carboxylic acids is 3. The van der Waals surface area contributed by atoms with Crippen LogP contribution in [0, 0.1) is 19.7 Å². The fraction of sp³-hybridized carbons (Fsp3) is 0.316. The van der Waals surface area contributed by atoms with Crippen LogP contribution in [0.3, 0.4) is 0 Å². The molecule has 8 heteroatoms. The highest BCUT2D eigenvalue weighted by Gasteiger charge is 2.25. The number of benzene rings is 1. The molecule has 2 aromatic rings. The molecule has 0 aliphatic rings. The molecule has 2 N–H and O–H groups in total. The normalized spacial score (nSPS) is 10.4. The Kier molecular flexibility index (Phi) is 6.33. The molecule has 0 saturated carbocycles. The van der Waals surface area contributed by atoms with Gasteiger partial charge >= 0.3 is 5.97 Å². The molecular weight excluding hydrogens is 353 g/mol. The molecule has 2 amide bonds. The van der Waals surface area contributed by atoms with Crippen LogP contribution < -0.4 is 5.32 Å². The van der Waals surface area contributed by atoms with Crippen molar-refractivity contribution >= 4 is 23.5 Å². The first kappa shape index (κ1) is 20.2. The fourth-order valence-electron chi connectivity index (χ4n) is 2.69. The van der Waals surface area contributed by atoms with E-state index >= 15 is 0 Å². The fourth-order valence-corrected chi connectivity index (χ4v) is 2.69. The van der Waals surface area contributed by atoms with E-state index in [2.05, 4.69) is 10.3 Å². The van der Waals surface area contributed by atoms with Gasteiger partial charge < -0.3 is 19.9 Å². The van der Waals surface area contributed by atoms with E-state index < -0.39 is 23.6 Å². The van der Waals surface area contributed by atoms with E-state index in [-0.39, 0.29) is 18.8 Å². The molecule has 0 unspecified atom stereocenters. The van der Waals surface area contributed by atoms with Gasteiger partial charge in [-0.05, 0) is 50.6 Å². The van der Waals surface area contributed by atoms with Gasteiger partial charge in [0.25, 0.3) is 5.91 Å². The Labute approximate surface area is 156 Å². The maximum Gasteiger partial charge on any atom is 0.355 e. The van der Waals surface area contributed by atoms with E-state index in [9.17, 15) is 18.8 Å². The summed E-state index contributed by atoms with van der Waals surface area (Å²) >= 11 is 0. The van der Waals surface area contributed by atoms with Crippen molar-refractivity contribution in [3.8, 4) is 0 Å². The number of halogens is 1. The van der Waals surface area contributed by atoms with E-state index in [1.165, 1.54) is 36.2 Å². The topological polar surface area (TPSA) is 91.5 Å². The van der Waals surface area contributed by atoms with E-state index in [4.69, 9.17) is 4.74 Å². The quantitative estimate of drug-likeness (QED) is 0.760. The largest absolute Gasteiger partial charge is 0.461 e. The van der Waals surface area contributed by atoms with Gasteiger partial charge in [0.1, 0.15) is 11.5 Å². The number of aromatic nitrogens is 1. The van der Waals surface area contributed by atoms with Gasteiger partial charge in [0.2, 0.25) is 5.91 Å². The van der Waals surface area contributed by atoms with E-state index in [0.29, 0.717) is 22.5 Å². The number of esters is 1. The number of aryl methyl sites for hydroxylation is 1. The van der Waals surface area contributed by atoms with Gasteiger partial charge in [-0.15, -0.1) is 0 Å². The van der Waals surface area contributed by atoms with Gasteiger partial charge in [-0.2, -0.15) is 0 Å². The molecule has 0 saturated heterocycles. The molecule has 27 heavy (non-hydrogen) atoms. The third-order valence-corrected chi connectivity index (χ3v) is 3.99. The highest BCUT2D eigenvalue weighted by molar-refractivity contribution is 6.03. The lowest BCUT2D eigenvalue weighted by atomic mass is 10.1. The van der Waals surface area contributed by atoms with Crippen LogP contribution in [0.1, 0.15) is 39.0 Å². The molecule has 144 valence electrons. The Morgan fingerprint density at radius 1 is 1.19 bits per heavy atom. The van der Waals surface area contributed by atoms with Crippen LogP contribution in [0.2, 0.25) is 0 Å². The Morgan fingerprint density at radius 2 is 1.81 bits per heavy atom. The van der Waals surface area contributed by atoms with Gasteiger partial charge in [0.05, 0.1) is 18.7 Å². The number of nitrogens with one attached hydrogen (secondary N) is 2. The van der Waals surface area contributed by atoms with Crippen LogP contribution in [0.5, 0.6) is 0 Å². The first-order valence-electron chi connectivity index (χ1n) is 8.41. The van der Waals surface area contributed by atoms with Crippen LogP contribution in [0.4, 0.5) is 10.1 Å². The molecule has 0 bridgehead atoms. The summed E-state index contributed by atoms with van der Waals surface area (Å²) in [7, 11) is 1.49. The summed E-state index contributed by atoms with van der Waals surface area (Å²) in [4.78, 5) is 40.9. The predicted octanol–water partition coefficient (Wildman–Crippen LogP) is 2.66. The summed E-state index contributed by atoms with van der Waals surface area (Å²) in [5.74, 6) is -1.76. The molecule has 1 aromatic carbocycles. The maximum atomic E-state index is 12.9. The number of ether oxygens (including phenoxy) is 1. The maximum absolute atomic E-state index is 12.9. The van der Waals surface area contributed by atoms with Crippen molar-refractivity contribution in [2.24, 2.45) is 0 Å². The van der Waals surface area contributed by atoms with Gasteiger partial charge in [-0.1, -0.05) is 0 Å². The molecule has 1 aromatic heterocycles. The zero-order chi connectivity index (χ0) is 20.1. The van der Waals surface area contributed by atoms with E-state index in [0.717, 1.165) is 0 Å². The number of aromatic amines is 1. The van der Waals surface area contributed by atoms with Crippen molar-refractivity contribution in [1.82, 2.24) is 9.88 Å². The van der Waals surface area contributed by atoms with Crippen molar-refractivity contribution in [3.05, 3.63) is 52.6 Å². The molecule has 0 atom stereocenters. The number of hydrogen-bond acceptors (Lipinski definition) is 4. The Morgan fingerprint density at radius 3 is 2.41 bits per heavy atom. The molecular formula is C19H22FN3O4. The summed E-state index contributed by atoms with van der Waals surface area (Å²) < 4.78 is 17.9. The van der Waals surface area contributed by atoms with Crippen molar-refractivity contribution in [2.45, 2.75) is 20.8 Å². The SMILES string of the molecule is CCOC(=O)c1[nH]c(C)c(C(=O)N(C)CC(=O)Nc2ccc(F)cc2)c1C. The zero-order valence-electron chi connectivity index (χ0n) is 15.7. The lowest BCUT2D eigenvalue weighted by molar-refractivity contribution is -0.116. The third kappa shape index (κ3) is 4.72. The predicted molar refractivity (Wildman–Crippen MR) is 98.2 cm³/mol. The smallest absolute Gasteiger partial charge is 0.355 e. The van der Waals surface area contributed by atoms with Crippen LogP contribution in [0.15, 0.2) is 24.3 Å². The Hall–Kier alpha value is -3.16. The van der Waals surface area contributed by atoms with Gasteiger partial charge in [0, 0.05) is 18.4 Å². The highest BCUT2D eigenvalue weighted by atomic mass is 19.1. The average molecular weight is 375 g/mol. The van der Waals surface area contributed by atoms with Crippen molar-refractivity contribution in [3.63, 3.8) is 0 Å². The standard InChI is InChI=1S/C19H22FN3O4/c1-5-27-19(26)17-11(2)16(12(3)21-17)18(25)23(4)10-15(24)22-14-8-6-13(20)7-9-14/h6-9,21H,5,10H2,1-4H3,(H,22,24). The molecule has 2 rings (SSSR count). The van der Waals surface area contributed by atoms with Crippen LogP contribution >= 0.6 is 0 Å². The van der Waals surface area contributed by atoms with E-state index in [1.807, 2.05) is 0 Å². The Balaban J connectivity index is 2.09. The highest BCUT2D eigenvalue weighted by Crippen LogP contribution is 2.20. The molecule has 0 fully saturated rings. The summed E-state index contributed by atoms with van der Waals surface area (Å²) in [6.45, 7) is 5.05. The monoisotopic (exact) mass is 375 g/mol. The first-order chi connectivity index (χ1) is 12.7. The number of nitrogens with zero attached hydrogens (tertiary/aromatic N) is 1. The van der Waals surface area contributed by atoms with Crippen molar-refractivity contribution < 1.29 is 23.5 Å². The number of amides is 2. The molecule has 0 aliphatic carbocycles. The van der Waals surface area contributed by atoms with Crippen LogP contribution in [-0.4, -0.2) is 47.9 Å². The molecule has 1 heterocycles. The lowest BCUT2D eigenvalue weighted by Crippen LogP contribution is -2.35. The van der Waals surface area contributed by atoms with Crippen molar-refractivity contribution in [1.29, 1.82) is 0 Å². The second-order valence-corrected chi connectivity index (χ2v) is 6.06. The summed E-state index contributed by atoms with van der Waals surface area (Å²) in [6, 6.07) is 5.32. The minimum atomic E-state index is -0.533.